The monoisotopic (exact) mass is 489 g/mol. The smallest absolute Gasteiger partial charge is 0.240 e. The Morgan fingerprint density at radius 1 is 0.962 bits per heavy atom. The zero-order chi connectivity index (χ0) is 19.2. The molecule has 4 atom stereocenters. The second kappa shape index (κ2) is 5.85. The number of fused-ring (bicyclic) bond motifs is 5. The number of benzene rings is 1. The number of carbonyl (C=O) groups excluding carboxylic acids is 2. The summed E-state index contributed by atoms with van der Waals surface area (Å²) in [5.74, 6) is -3.33. The number of rotatable bonds is 2. The molecular formula is C16H9Cl6NO2S. The zero-order valence-electron chi connectivity index (χ0n) is 12.9. The molecule has 1 aromatic carbocycles. The summed E-state index contributed by atoms with van der Waals surface area (Å²) in [6, 6.07) is 7.01. The van der Waals surface area contributed by atoms with Gasteiger partial charge in [0, 0.05) is 4.90 Å². The highest BCUT2D eigenvalue weighted by Crippen LogP contribution is 2.77. The van der Waals surface area contributed by atoms with Crippen molar-refractivity contribution in [3.63, 3.8) is 0 Å². The second-order valence-electron chi connectivity index (χ2n) is 6.29. The van der Waals surface area contributed by atoms with Crippen molar-refractivity contribution in [3.8, 4) is 0 Å². The molecule has 1 saturated carbocycles. The standard InChI is InChI=1S/C16H9Cl6NO2S/c1-26-7-4-2-3-6(5-7)23-12(24)8-9(13(23)25)15(20)11(18)10(17)14(8,19)16(15,21)22/h2-5,8-9H,1H3/t8-,9-,14-,15-/m1/s1. The van der Waals surface area contributed by atoms with Crippen LogP contribution in [0.4, 0.5) is 5.69 Å². The first kappa shape index (κ1) is 19.5. The van der Waals surface area contributed by atoms with Crippen LogP contribution < -0.4 is 4.90 Å². The van der Waals surface area contributed by atoms with Crippen LogP contribution in [0.25, 0.3) is 0 Å². The molecule has 0 radical (unpaired) electrons. The van der Waals surface area contributed by atoms with Gasteiger partial charge >= 0.3 is 0 Å². The number of hydrogen-bond donors (Lipinski definition) is 0. The number of allylic oxidation sites excluding steroid dienone is 2. The fourth-order valence-corrected chi connectivity index (χ4v) is 7.38. The topological polar surface area (TPSA) is 37.4 Å². The summed E-state index contributed by atoms with van der Waals surface area (Å²) in [6.07, 6.45) is 1.89. The molecule has 3 nitrogen and oxygen atoms in total. The minimum absolute atomic E-state index is 0.0945. The molecule has 138 valence electrons. The van der Waals surface area contributed by atoms with Gasteiger partial charge in [-0.05, 0) is 24.5 Å². The van der Waals surface area contributed by atoms with Crippen LogP contribution in [0.5, 0.6) is 0 Å². The molecule has 0 N–H and O–H groups in total. The van der Waals surface area contributed by atoms with Crippen molar-refractivity contribution in [1.29, 1.82) is 0 Å². The number of alkyl halides is 4. The predicted molar refractivity (Wildman–Crippen MR) is 108 cm³/mol. The molecule has 1 aromatic rings. The molecule has 0 spiro atoms. The van der Waals surface area contributed by atoms with E-state index in [1.807, 2.05) is 12.3 Å². The number of amides is 2. The average molecular weight is 492 g/mol. The maximum absolute atomic E-state index is 13.2. The minimum Gasteiger partial charge on any atom is -0.274 e. The van der Waals surface area contributed by atoms with Crippen molar-refractivity contribution >= 4 is 98.9 Å². The van der Waals surface area contributed by atoms with Gasteiger partial charge in [0.05, 0.1) is 27.6 Å². The fraction of sp³-hybridized carbons (Fsp3) is 0.375. The first-order valence-electron chi connectivity index (χ1n) is 7.38. The number of halogens is 6. The third-order valence-electron chi connectivity index (χ3n) is 5.22. The van der Waals surface area contributed by atoms with Gasteiger partial charge in [-0.3, -0.25) is 9.59 Å². The van der Waals surface area contributed by atoms with Crippen molar-refractivity contribution < 1.29 is 9.59 Å². The van der Waals surface area contributed by atoms with E-state index in [4.69, 9.17) is 69.6 Å². The van der Waals surface area contributed by atoms with Gasteiger partial charge in [-0.1, -0.05) is 52.5 Å². The van der Waals surface area contributed by atoms with Crippen LogP contribution in [-0.4, -0.2) is 32.2 Å². The van der Waals surface area contributed by atoms with Crippen molar-refractivity contribution in [1.82, 2.24) is 0 Å². The van der Waals surface area contributed by atoms with Crippen LogP contribution in [0.3, 0.4) is 0 Å². The second-order valence-corrected chi connectivity index (χ2v) is 10.4. The normalized spacial score (nSPS) is 37.7. The molecule has 1 saturated heterocycles. The molecule has 0 aromatic heterocycles. The lowest BCUT2D eigenvalue weighted by Gasteiger charge is -2.34. The first-order chi connectivity index (χ1) is 12.0. The van der Waals surface area contributed by atoms with Gasteiger partial charge in [-0.25, -0.2) is 4.90 Å². The molecule has 2 aliphatic carbocycles. The van der Waals surface area contributed by atoms with Gasteiger partial charge in [-0.15, -0.1) is 35.0 Å². The van der Waals surface area contributed by atoms with Crippen molar-refractivity contribution in [2.75, 3.05) is 11.2 Å². The van der Waals surface area contributed by atoms with Crippen LogP contribution >= 0.6 is 81.4 Å². The van der Waals surface area contributed by atoms with Crippen LogP contribution in [0.1, 0.15) is 0 Å². The summed E-state index contributed by atoms with van der Waals surface area (Å²) in [5.41, 5.74) is 0.420. The molecule has 3 aliphatic rings. The molecule has 2 amide bonds. The molecule has 0 unspecified atom stereocenters. The summed E-state index contributed by atoms with van der Waals surface area (Å²) in [6.45, 7) is 0. The highest BCUT2D eigenvalue weighted by Gasteiger charge is 2.87. The van der Waals surface area contributed by atoms with Gasteiger partial charge in [0.15, 0.2) is 4.33 Å². The highest BCUT2D eigenvalue weighted by molar-refractivity contribution is 7.98. The lowest BCUT2D eigenvalue weighted by molar-refractivity contribution is -0.123. The predicted octanol–water partition coefficient (Wildman–Crippen LogP) is 5.36. The van der Waals surface area contributed by atoms with Crippen molar-refractivity contribution in [2.45, 2.75) is 19.0 Å². The van der Waals surface area contributed by atoms with Crippen molar-refractivity contribution in [3.05, 3.63) is 34.3 Å². The number of anilines is 1. The summed E-state index contributed by atoms with van der Waals surface area (Å²) in [5, 5.41) is -0.189. The van der Waals surface area contributed by atoms with E-state index < -0.39 is 37.7 Å². The van der Waals surface area contributed by atoms with E-state index in [-0.39, 0.29) is 10.1 Å². The Morgan fingerprint density at radius 3 is 1.92 bits per heavy atom. The number of hydrogen-bond acceptors (Lipinski definition) is 3. The quantitative estimate of drug-likeness (QED) is 0.317. The van der Waals surface area contributed by atoms with Crippen LogP contribution in [-0.2, 0) is 9.59 Å². The number of thioether (sulfide) groups is 1. The van der Waals surface area contributed by atoms with Crippen molar-refractivity contribution in [2.24, 2.45) is 11.8 Å². The lowest BCUT2D eigenvalue weighted by atomic mass is 9.84. The van der Waals surface area contributed by atoms with E-state index in [1.54, 1.807) is 18.2 Å². The SMILES string of the molecule is CSc1cccc(N2C(=O)[C@H]3[C@H](C2=O)[C@@]2(Cl)C(Cl)=C(Cl)[C@@]3(Cl)C2(Cl)Cl)c1. The highest BCUT2D eigenvalue weighted by atomic mass is 35.5. The van der Waals surface area contributed by atoms with E-state index in [9.17, 15) is 9.59 Å². The Bertz CT molecular complexity index is 858. The first-order valence-corrected chi connectivity index (χ1v) is 10.9. The van der Waals surface area contributed by atoms with Crippen LogP contribution in [0.2, 0.25) is 0 Å². The van der Waals surface area contributed by atoms with Gasteiger partial charge in [0.2, 0.25) is 11.8 Å². The Morgan fingerprint density at radius 2 is 1.46 bits per heavy atom. The maximum atomic E-state index is 13.2. The lowest BCUT2D eigenvalue weighted by Crippen LogP contribution is -2.50. The summed E-state index contributed by atoms with van der Waals surface area (Å²) in [7, 11) is 0. The van der Waals surface area contributed by atoms with E-state index >= 15 is 0 Å². The number of carbonyl (C=O) groups is 2. The van der Waals surface area contributed by atoms with E-state index in [0.29, 0.717) is 5.69 Å². The molecule has 4 rings (SSSR count). The largest absolute Gasteiger partial charge is 0.274 e. The molecule has 2 bridgehead atoms. The Balaban J connectivity index is 1.89. The molecule has 2 fully saturated rings. The third-order valence-corrected chi connectivity index (χ3v) is 10.2. The average Bonchev–Trinajstić information content (AvgIpc) is 2.99. The summed E-state index contributed by atoms with van der Waals surface area (Å²) >= 11 is 40.3. The van der Waals surface area contributed by atoms with Gasteiger partial charge in [0.1, 0.15) is 9.75 Å². The summed E-state index contributed by atoms with van der Waals surface area (Å²) in [4.78, 5) is 24.8. The van der Waals surface area contributed by atoms with Crippen LogP contribution in [0, 0.1) is 11.8 Å². The zero-order valence-corrected chi connectivity index (χ0v) is 18.3. The molecule has 1 heterocycles. The van der Waals surface area contributed by atoms with Gasteiger partial charge in [-0.2, -0.15) is 0 Å². The van der Waals surface area contributed by atoms with Crippen LogP contribution in [0.15, 0.2) is 39.2 Å². The number of nitrogens with zero attached hydrogens (tertiary/aromatic N) is 1. The Labute approximate surface area is 183 Å². The fourth-order valence-electron chi connectivity index (χ4n) is 4.00. The maximum Gasteiger partial charge on any atom is 0.240 e. The van der Waals surface area contributed by atoms with E-state index in [1.165, 1.54) is 11.8 Å². The van der Waals surface area contributed by atoms with E-state index in [2.05, 4.69) is 0 Å². The summed E-state index contributed by atoms with van der Waals surface area (Å²) < 4.78 is -1.91. The Hall–Kier alpha value is 0.190. The van der Waals surface area contributed by atoms with Gasteiger partial charge < -0.3 is 0 Å². The Kier molecular flexibility index (Phi) is 4.39. The van der Waals surface area contributed by atoms with E-state index in [0.717, 1.165) is 9.80 Å². The minimum atomic E-state index is -1.91. The molecule has 26 heavy (non-hydrogen) atoms. The molecule has 10 heteroatoms. The number of imide groups is 1. The third kappa shape index (κ3) is 1.93. The van der Waals surface area contributed by atoms with Gasteiger partial charge in [0.25, 0.3) is 0 Å². The molecular weight excluding hydrogens is 483 g/mol. The molecule has 1 aliphatic heterocycles.